The SMILES string of the molecule is Cc1c[n+]([O-])c([C@@](C)(Cl)[C@@H](C)S(=O)(=O)c2ncccn2)cn1. The summed E-state index contributed by atoms with van der Waals surface area (Å²) in [6.07, 6.45) is 5.19. The number of aryl methyl sites for hydroxylation is 1. The van der Waals surface area contributed by atoms with Crippen LogP contribution < -0.4 is 4.73 Å². The molecule has 0 aliphatic carbocycles. The molecule has 0 saturated carbocycles. The van der Waals surface area contributed by atoms with Crippen LogP contribution in [0.1, 0.15) is 25.2 Å². The van der Waals surface area contributed by atoms with E-state index in [1.807, 2.05) is 0 Å². The molecule has 0 bridgehead atoms. The number of nitrogens with zero attached hydrogens (tertiary/aromatic N) is 4. The van der Waals surface area contributed by atoms with Crippen LogP contribution in [0.4, 0.5) is 0 Å². The van der Waals surface area contributed by atoms with E-state index in [-0.39, 0.29) is 10.9 Å². The third-order valence-electron chi connectivity index (χ3n) is 3.46. The summed E-state index contributed by atoms with van der Waals surface area (Å²) in [5, 5.41) is 10.6. The number of halogens is 1. The summed E-state index contributed by atoms with van der Waals surface area (Å²) in [4.78, 5) is 10.0. The minimum absolute atomic E-state index is 0.0479. The Hall–Kier alpha value is -1.80. The van der Waals surface area contributed by atoms with Gasteiger partial charge in [0.05, 0.1) is 11.4 Å². The summed E-state index contributed by atoms with van der Waals surface area (Å²) >= 11 is 6.41. The van der Waals surface area contributed by atoms with Crippen LogP contribution in [0.15, 0.2) is 36.0 Å². The quantitative estimate of drug-likeness (QED) is 0.357. The van der Waals surface area contributed by atoms with Gasteiger partial charge in [-0.05, 0) is 26.8 Å². The minimum Gasteiger partial charge on any atom is -0.618 e. The first kappa shape index (κ1) is 16.6. The van der Waals surface area contributed by atoms with Gasteiger partial charge in [-0.3, -0.25) is 0 Å². The highest BCUT2D eigenvalue weighted by Crippen LogP contribution is 2.35. The van der Waals surface area contributed by atoms with Crippen LogP contribution in [0.3, 0.4) is 0 Å². The van der Waals surface area contributed by atoms with Crippen molar-refractivity contribution in [1.82, 2.24) is 15.0 Å². The molecule has 7 nitrogen and oxygen atoms in total. The Kier molecular flexibility index (Phi) is 4.35. The highest BCUT2D eigenvalue weighted by molar-refractivity contribution is 7.92. The summed E-state index contributed by atoms with van der Waals surface area (Å²) in [6, 6.07) is 1.51. The van der Waals surface area contributed by atoms with E-state index in [1.165, 1.54) is 44.7 Å². The molecule has 0 fully saturated rings. The predicted molar refractivity (Wildman–Crippen MR) is 79.8 cm³/mol. The fraction of sp³-hybridized carbons (Fsp3) is 0.385. The summed E-state index contributed by atoms with van der Waals surface area (Å²) in [6.45, 7) is 4.53. The normalized spacial score (nSPS) is 16.0. The Balaban J connectivity index is 2.49. The van der Waals surface area contributed by atoms with Crippen molar-refractivity contribution in [2.75, 3.05) is 0 Å². The Labute approximate surface area is 133 Å². The lowest BCUT2D eigenvalue weighted by atomic mass is 10.0. The third-order valence-corrected chi connectivity index (χ3v) is 6.23. The molecule has 9 heteroatoms. The first-order valence-electron chi connectivity index (χ1n) is 6.43. The van der Waals surface area contributed by atoms with Crippen molar-refractivity contribution in [3.8, 4) is 0 Å². The van der Waals surface area contributed by atoms with Gasteiger partial charge in [-0.2, -0.15) is 4.73 Å². The van der Waals surface area contributed by atoms with Gasteiger partial charge in [0.2, 0.25) is 26.9 Å². The topological polar surface area (TPSA) is 99.8 Å². The second-order valence-corrected chi connectivity index (χ2v) is 7.98. The molecular formula is C13H15ClN4O3S. The standard InChI is InChI=1S/C13H15ClN4O3S/c1-9-8-18(19)11(7-17-9)13(3,14)10(2)22(20,21)12-15-5-4-6-16-12/h4-8,10H,1-3H3/t10-,13+/m1/s1. The van der Waals surface area contributed by atoms with E-state index in [0.29, 0.717) is 10.4 Å². The van der Waals surface area contributed by atoms with Gasteiger partial charge in [-0.15, -0.1) is 11.6 Å². The second kappa shape index (κ2) is 5.77. The third kappa shape index (κ3) is 2.89. The van der Waals surface area contributed by atoms with E-state index in [0.717, 1.165) is 0 Å². The van der Waals surface area contributed by atoms with Crippen molar-refractivity contribution >= 4 is 21.4 Å². The van der Waals surface area contributed by atoms with Gasteiger partial charge in [0.25, 0.3) is 0 Å². The Bertz CT molecular complexity index is 781. The zero-order chi connectivity index (χ0) is 16.5. The van der Waals surface area contributed by atoms with Crippen LogP contribution in [0.5, 0.6) is 0 Å². The molecule has 2 rings (SSSR count). The van der Waals surface area contributed by atoms with E-state index in [1.54, 1.807) is 6.92 Å². The van der Waals surface area contributed by atoms with Crippen LogP contribution in [0.2, 0.25) is 0 Å². The Morgan fingerprint density at radius 1 is 1.32 bits per heavy atom. The first-order chi connectivity index (χ1) is 10.2. The Morgan fingerprint density at radius 3 is 2.45 bits per heavy atom. The van der Waals surface area contributed by atoms with Gasteiger partial charge in [-0.1, -0.05) is 0 Å². The van der Waals surface area contributed by atoms with Crippen LogP contribution >= 0.6 is 11.6 Å². The molecule has 2 atom stereocenters. The largest absolute Gasteiger partial charge is 0.618 e. The van der Waals surface area contributed by atoms with E-state index in [2.05, 4.69) is 15.0 Å². The molecule has 2 heterocycles. The average molecular weight is 343 g/mol. The number of rotatable bonds is 4. The summed E-state index contributed by atoms with van der Waals surface area (Å²) in [5.41, 5.74) is 0.555. The molecule has 0 unspecified atom stereocenters. The Morgan fingerprint density at radius 2 is 1.91 bits per heavy atom. The molecule has 118 valence electrons. The maximum absolute atomic E-state index is 12.6. The average Bonchev–Trinajstić information content (AvgIpc) is 2.47. The fourth-order valence-electron chi connectivity index (χ4n) is 1.92. The van der Waals surface area contributed by atoms with Gasteiger partial charge in [0, 0.05) is 12.4 Å². The second-order valence-electron chi connectivity index (χ2n) is 5.03. The maximum atomic E-state index is 12.6. The van der Waals surface area contributed by atoms with E-state index < -0.39 is 20.0 Å². The fourth-order valence-corrected chi connectivity index (χ4v) is 3.84. The molecule has 0 aromatic carbocycles. The van der Waals surface area contributed by atoms with Crippen molar-refractivity contribution < 1.29 is 13.1 Å². The van der Waals surface area contributed by atoms with E-state index >= 15 is 0 Å². The van der Waals surface area contributed by atoms with Gasteiger partial charge < -0.3 is 5.21 Å². The number of alkyl halides is 1. The number of sulfone groups is 1. The zero-order valence-corrected chi connectivity index (χ0v) is 13.8. The van der Waals surface area contributed by atoms with Gasteiger partial charge in [0.1, 0.15) is 10.6 Å². The van der Waals surface area contributed by atoms with Crippen molar-refractivity contribution in [1.29, 1.82) is 0 Å². The van der Waals surface area contributed by atoms with Crippen molar-refractivity contribution in [3.63, 3.8) is 0 Å². The lowest BCUT2D eigenvalue weighted by Gasteiger charge is -2.26. The molecule has 0 amide bonds. The van der Waals surface area contributed by atoms with Crippen molar-refractivity contribution in [2.24, 2.45) is 0 Å². The van der Waals surface area contributed by atoms with E-state index in [4.69, 9.17) is 11.6 Å². The van der Waals surface area contributed by atoms with Crippen molar-refractivity contribution in [2.45, 2.75) is 36.1 Å². The first-order valence-corrected chi connectivity index (χ1v) is 8.36. The molecule has 0 aliphatic rings. The lowest BCUT2D eigenvalue weighted by molar-refractivity contribution is -0.617. The minimum atomic E-state index is -3.91. The van der Waals surface area contributed by atoms with Crippen molar-refractivity contribution in [3.05, 3.63) is 47.4 Å². The van der Waals surface area contributed by atoms with E-state index in [9.17, 15) is 13.6 Å². The van der Waals surface area contributed by atoms with Crippen LogP contribution in [0, 0.1) is 12.1 Å². The molecule has 0 aliphatic heterocycles. The molecule has 0 radical (unpaired) electrons. The lowest BCUT2D eigenvalue weighted by Crippen LogP contribution is -2.46. The highest BCUT2D eigenvalue weighted by Gasteiger charge is 2.46. The zero-order valence-electron chi connectivity index (χ0n) is 12.3. The summed E-state index contributed by atoms with van der Waals surface area (Å²) in [5.74, 6) is 0. The monoisotopic (exact) mass is 342 g/mol. The summed E-state index contributed by atoms with van der Waals surface area (Å²) < 4.78 is 25.7. The molecule has 0 spiro atoms. The number of hydrogen-bond acceptors (Lipinski definition) is 6. The summed E-state index contributed by atoms with van der Waals surface area (Å²) in [7, 11) is -3.91. The van der Waals surface area contributed by atoms with Gasteiger partial charge in [-0.25, -0.2) is 23.4 Å². The van der Waals surface area contributed by atoms with Gasteiger partial charge in [0.15, 0.2) is 0 Å². The van der Waals surface area contributed by atoms with Crippen LogP contribution in [-0.2, 0) is 14.7 Å². The number of hydrogen-bond donors (Lipinski definition) is 0. The molecule has 22 heavy (non-hydrogen) atoms. The molecule has 2 aromatic rings. The smallest absolute Gasteiger partial charge is 0.247 e. The molecule has 0 N–H and O–H groups in total. The molecule has 0 saturated heterocycles. The maximum Gasteiger partial charge on any atom is 0.247 e. The van der Waals surface area contributed by atoms with Crippen LogP contribution in [-0.4, -0.2) is 28.6 Å². The van der Waals surface area contributed by atoms with Gasteiger partial charge >= 0.3 is 0 Å². The molecule has 2 aromatic heterocycles. The van der Waals surface area contributed by atoms with Crippen LogP contribution in [0.25, 0.3) is 0 Å². The predicted octanol–water partition coefficient (Wildman–Crippen LogP) is 1.13. The highest BCUT2D eigenvalue weighted by atomic mass is 35.5. The molecular weight excluding hydrogens is 328 g/mol. The number of aromatic nitrogens is 4.